The van der Waals surface area contributed by atoms with Gasteiger partial charge in [0.25, 0.3) is 11.8 Å². The molecular formula is C16H6BrF3N2O2. The fourth-order valence-electron chi connectivity index (χ4n) is 2.50. The van der Waals surface area contributed by atoms with E-state index < -0.39 is 29.2 Å². The number of fused-ring (bicyclic) bond motifs is 1. The predicted molar refractivity (Wildman–Crippen MR) is 81.4 cm³/mol. The Morgan fingerprint density at radius 2 is 1.58 bits per heavy atom. The van der Waals surface area contributed by atoms with E-state index in [0.717, 1.165) is 6.07 Å². The molecule has 2 aromatic carbocycles. The standard InChI is InChI=1S/C16H6BrF3N2O2/c17-12-6-8(7-21)5-11(16(18,19)20)13(12)22-14(23)9-3-1-2-4-10(9)15(22)24/h1-6H. The molecule has 0 saturated carbocycles. The van der Waals surface area contributed by atoms with Gasteiger partial charge in [0.1, 0.15) is 0 Å². The molecule has 3 rings (SSSR count). The second-order valence-electron chi connectivity index (χ2n) is 4.96. The lowest BCUT2D eigenvalue weighted by Gasteiger charge is -2.21. The average molecular weight is 395 g/mol. The number of carbonyl (C=O) groups excluding carboxylic acids is 2. The van der Waals surface area contributed by atoms with Gasteiger partial charge >= 0.3 is 6.18 Å². The summed E-state index contributed by atoms with van der Waals surface area (Å²) in [4.78, 5) is 25.4. The maximum absolute atomic E-state index is 13.4. The van der Waals surface area contributed by atoms with Gasteiger partial charge in [0.05, 0.1) is 34.0 Å². The molecule has 0 aliphatic carbocycles. The van der Waals surface area contributed by atoms with E-state index in [1.165, 1.54) is 24.3 Å². The number of alkyl halides is 3. The van der Waals surface area contributed by atoms with Crippen molar-refractivity contribution in [1.82, 2.24) is 0 Å². The number of carbonyl (C=O) groups is 2. The van der Waals surface area contributed by atoms with Crippen LogP contribution in [0.1, 0.15) is 31.8 Å². The molecule has 1 aliphatic rings. The van der Waals surface area contributed by atoms with Crippen LogP contribution in [0.15, 0.2) is 40.9 Å². The lowest BCUT2D eigenvalue weighted by atomic mass is 10.1. The van der Waals surface area contributed by atoms with E-state index in [2.05, 4.69) is 15.9 Å². The second-order valence-corrected chi connectivity index (χ2v) is 5.81. The van der Waals surface area contributed by atoms with Gasteiger partial charge in [-0.1, -0.05) is 12.1 Å². The highest BCUT2D eigenvalue weighted by Crippen LogP contribution is 2.44. The summed E-state index contributed by atoms with van der Waals surface area (Å²) in [6.45, 7) is 0. The molecule has 0 N–H and O–H groups in total. The molecule has 0 spiro atoms. The van der Waals surface area contributed by atoms with Gasteiger partial charge in [-0.05, 0) is 40.2 Å². The largest absolute Gasteiger partial charge is 0.418 e. The summed E-state index contributed by atoms with van der Waals surface area (Å²) in [6, 6.07) is 9.16. The predicted octanol–water partition coefficient (Wildman–Crippen LogP) is 4.14. The van der Waals surface area contributed by atoms with E-state index in [9.17, 15) is 22.8 Å². The minimum absolute atomic E-state index is 0.0342. The van der Waals surface area contributed by atoms with E-state index in [1.807, 2.05) is 0 Å². The number of rotatable bonds is 1. The zero-order valence-corrected chi connectivity index (χ0v) is 13.3. The minimum atomic E-state index is -4.85. The van der Waals surface area contributed by atoms with Gasteiger partial charge in [0.2, 0.25) is 0 Å². The van der Waals surface area contributed by atoms with Crippen LogP contribution >= 0.6 is 15.9 Å². The molecular weight excluding hydrogens is 389 g/mol. The molecule has 0 aromatic heterocycles. The third-order valence-electron chi connectivity index (χ3n) is 3.52. The van der Waals surface area contributed by atoms with Crippen molar-refractivity contribution in [3.63, 3.8) is 0 Å². The van der Waals surface area contributed by atoms with Crippen LogP contribution in [0.25, 0.3) is 0 Å². The lowest BCUT2D eigenvalue weighted by Crippen LogP contribution is -2.32. The SMILES string of the molecule is N#Cc1cc(Br)c(N2C(=O)c3ccccc3C2=O)c(C(F)(F)F)c1. The third kappa shape index (κ3) is 2.37. The van der Waals surface area contributed by atoms with Gasteiger partial charge in [0.15, 0.2) is 0 Å². The number of nitrogens with zero attached hydrogens (tertiary/aromatic N) is 2. The van der Waals surface area contributed by atoms with Gasteiger partial charge in [-0.15, -0.1) is 0 Å². The molecule has 4 nitrogen and oxygen atoms in total. The van der Waals surface area contributed by atoms with E-state index in [0.29, 0.717) is 11.0 Å². The highest BCUT2D eigenvalue weighted by atomic mass is 79.9. The number of hydrogen-bond acceptors (Lipinski definition) is 3. The number of hydrogen-bond donors (Lipinski definition) is 0. The van der Waals surface area contributed by atoms with Crippen LogP contribution in [0.5, 0.6) is 0 Å². The van der Waals surface area contributed by atoms with Crippen molar-refractivity contribution < 1.29 is 22.8 Å². The van der Waals surface area contributed by atoms with E-state index in [1.54, 1.807) is 6.07 Å². The van der Waals surface area contributed by atoms with Crippen molar-refractivity contribution in [3.05, 3.63) is 63.1 Å². The van der Waals surface area contributed by atoms with Gasteiger partial charge < -0.3 is 0 Å². The number of halogens is 4. The Labute approximate surface area is 142 Å². The normalized spacial score (nSPS) is 13.9. The Kier molecular flexibility index (Phi) is 3.68. The lowest BCUT2D eigenvalue weighted by molar-refractivity contribution is -0.137. The van der Waals surface area contributed by atoms with Crippen molar-refractivity contribution in [1.29, 1.82) is 5.26 Å². The molecule has 0 saturated heterocycles. The zero-order chi connectivity index (χ0) is 17.6. The van der Waals surface area contributed by atoms with Crippen molar-refractivity contribution in [2.45, 2.75) is 6.18 Å². The first kappa shape index (κ1) is 16.2. The summed E-state index contributed by atoms with van der Waals surface area (Å²) in [5.41, 5.74) is -2.02. The highest BCUT2D eigenvalue weighted by molar-refractivity contribution is 9.10. The van der Waals surface area contributed by atoms with E-state index in [4.69, 9.17) is 5.26 Å². The van der Waals surface area contributed by atoms with Gasteiger partial charge in [-0.25, -0.2) is 4.90 Å². The zero-order valence-electron chi connectivity index (χ0n) is 11.7. The maximum Gasteiger partial charge on any atom is 0.418 e. The number of amides is 2. The molecule has 1 aliphatic heterocycles. The Morgan fingerprint density at radius 1 is 1.04 bits per heavy atom. The summed E-state index contributed by atoms with van der Waals surface area (Å²) in [5.74, 6) is -1.68. The molecule has 8 heteroatoms. The smallest absolute Gasteiger partial charge is 0.268 e. The minimum Gasteiger partial charge on any atom is -0.268 e. The van der Waals surface area contributed by atoms with Crippen molar-refractivity contribution in [2.24, 2.45) is 0 Å². The average Bonchev–Trinajstić information content (AvgIpc) is 2.78. The summed E-state index contributed by atoms with van der Waals surface area (Å²) in [5, 5.41) is 8.87. The van der Waals surface area contributed by atoms with Crippen LogP contribution in [0.3, 0.4) is 0 Å². The first-order chi connectivity index (χ1) is 11.3. The Balaban J connectivity index is 2.27. The third-order valence-corrected chi connectivity index (χ3v) is 4.12. The summed E-state index contributed by atoms with van der Waals surface area (Å²) in [6.07, 6.45) is -4.85. The molecule has 0 unspecified atom stereocenters. The van der Waals surface area contributed by atoms with Crippen LogP contribution in [0, 0.1) is 11.3 Å². The molecule has 0 bridgehead atoms. The van der Waals surface area contributed by atoms with Crippen LogP contribution in [0.2, 0.25) is 0 Å². The molecule has 24 heavy (non-hydrogen) atoms. The number of benzene rings is 2. The first-order valence-corrected chi connectivity index (χ1v) is 7.33. The molecule has 120 valence electrons. The fourth-order valence-corrected chi connectivity index (χ4v) is 3.14. The topological polar surface area (TPSA) is 61.2 Å². The molecule has 2 amide bonds. The highest BCUT2D eigenvalue weighted by Gasteiger charge is 2.43. The second kappa shape index (κ2) is 5.46. The molecule has 1 heterocycles. The van der Waals surface area contributed by atoms with Crippen molar-refractivity contribution in [3.8, 4) is 6.07 Å². The fraction of sp³-hybridized carbons (Fsp3) is 0.0625. The summed E-state index contributed by atoms with van der Waals surface area (Å²) >= 11 is 2.94. The van der Waals surface area contributed by atoms with Crippen molar-refractivity contribution in [2.75, 3.05) is 4.90 Å². The first-order valence-electron chi connectivity index (χ1n) is 6.54. The Hall–Kier alpha value is -2.66. The molecule has 0 atom stereocenters. The van der Waals surface area contributed by atoms with Crippen LogP contribution in [-0.4, -0.2) is 11.8 Å². The summed E-state index contributed by atoms with van der Waals surface area (Å²) in [7, 11) is 0. The van der Waals surface area contributed by atoms with Gasteiger partial charge in [-0.2, -0.15) is 18.4 Å². The summed E-state index contributed by atoms with van der Waals surface area (Å²) < 4.78 is 40.0. The monoisotopic (exact) mass is 394 g/mol. The number of anilines is 1. The van der Waals surface area contributed by atoms with E-state index >= 15 is 0 Å². The Bertz CT molecular complexity index is 897. The maximum atomic E-state index is 13.4. The van der Waals surface area contributed by atoms with Crippen LogP contribution in [-0.2, 0) is 6.18 Å². The van der Waals surface area contributed by atoms with E-state index in [-0.39, 0.29) is 21.2 Å². The quantitative estimate of drug-likeness (QED) is 0.682. The van der Waals surface area contributed by atoms with Gasteiger partial charge in [-0.3, -0.25) is 9.59 Å². The molecule has 0 fully saturated rings. The van der Waals surface area contributed by atoms with Crippen LogP contribution < -0.4 is 4.90 Å². The number of imide groups is 1. The van der Waals surface area contributed by atoms with Crippen LogP contribution in [0.4, 0.5) is 18.9 Å². The molecule has 0 radical (unpaired) electrons. The number of nitriles is 1. The van der Waals surface area contributed by atoms with Crippen molar-refractivity contribution >= 4 is 33.4 Å². The van der Waals surface area contributed by atoms with Gasteiger partial charge in [0, 0.05) is 4.47 Å². The molecule has 2 aromatic rings. The Morgan fingerprint density at radius 3 is 2.04 bits per heavy atom.